The molecule has 2 atom stereocenters. The van der Waals surface area contributed by atoms with Gasteiger partial charge in [0.1, 0.15) is 0 Å². The molecule has 1 rings (SSSR count). The summed E-state index contributed by atoms with van der Waals surface area (Å²) < 4.78 is 5.46. The molecule has 0 aromatic rings. The van der Waals surface area contributed by atoms with Gasteiger partial charge in [-0.15, -0.1) is 0 Å². The van der Waals surface area contributed by atoms with Crippen molar-refractivity contribution in [1.29, 1.82) is 0 Å². The van der Waals surface area contributed by atoms with Gasteiger partial charge < -0.3 is 10.1 Å². The monoisotopic (exact) mass is 169 g/mol. The van der Waals surface area contributed by atoms with Crippen molar-refractivity contribution >= 4 is 0 Å². The maximum Gasteiger partial charge on any atom is 0.0588 e. The minimum absolute atomic E-state index is 0.447. The van der Waals surface area contributed by atoms with Crippen LogP contribution in [0.25, 0.3) is 0 Å². The molecule has 1 saturated heterocycles. The van der Waals surface area contributed by atoms with E-state index in [4.69, 9.17) is 4.74 Å². The van der Waals surface area contributed by atoms with E-state index in [-0.39, 0.29) is 0 Å². The molecule has 1 fully saturated rings. The van der Waals surface area contributed by atoms with Crippen molar-refractivity contribution in [1.82, 2.24) is 5.32 Å². The Balaban J connectivity index is 2.06. The molecule has 0 bridgehead atoms. The van der Waals surface area contributed by atoms with Gasteiger partial charge >= 0.3 is 0 Å². The summed E-state index contributed by atoms with van der Waals surface area (Å²) in [5, 5.41) is 3.39. The smallest absolute Gasteiger partial charge is 0.0588 e. The SMILES string of the molecule is C/C=C/CNCC1CCOC1C. The first kappa shape index (κ1) is 9.75. The number of rotatable bonds is 4. The molecule has 1 heterocycles. The van der Waals surface area contributed by atoms with Crippen LogP contribution in [0.3, 0.4) is 0 Å². The molecule has 70 valence electrons. The molecule has 2 heteroatoms. The maximum absolute atomic E-state index is 5.46. The maximum atomic E-state index is 5.46. The predicted octanol–water partition coefficient (Wildman–Crippen LogP) is 1.58. The third kappa shape index (κ3) is 2.95. The summed E-state index contributed by atoms with van der Waals surface area (Å²) >= 11 is 0. The van der Waals surface area contributed by atoms with Gasteiger partial charge in [0.2, 0.25) is 0 Å². The summed E-state index contributed by atoms with van der Waals surface area (Å²) in [6.45, 7) is 7.22. The number of hydrogen-bond donors (Lipinski definition) is 1. The molecule has 0 aliphatic carbocycles. The van der Waals surface area contributed by atoms with Gasteiger partial charge in [0.25, 0.3) is 0 Å². The number of allylic oxidation sites excluding steroid dienone is 1. The Hall–Kier alpha value is -0.340. The Morgan fingerprint density at radius 2 is 2.42 bits per heavy atom. The average molecular weight is 169 g/mol. The highest BCUT2D eigenvalue weighted by Gasteiger charge is 2.22. The molecule has 1 aliphatic rings. The summed E-state index contributed by atoms with van der Waals surface area (Å²) in [5.41, 5.74) is 0. The van der Waals surface area contributed by atoms with E-state index in [1.54, 1.807) is 0 Å². The van der Waals surface area contributed by atoms with Gasteiger partial charge in [-0.05, 0) is 26.2 Å². The van der Waals surface area contributed by atoms with E-state index < -0.39 is 0 Å². The van der Waals surface area contributed by atoms with E-state index in [2.05, 4.69) is 24.4 Å². The van der Waals surface area contributed by atoms with Gasteiger partial charge in [-0.25, -0.2) is 0 Å². The molecule has 0 radical (unpaired) electrons. The number of hydrogen-bond acceptors (Lipinski definition) is 2. The van der Waals surface area contributed by atoms with Crippen LogP contribution in [0.5, 0.6) is 0 Å². The van der Waals surface area contributed by atoms with Crippen LogP contribution in [0.15, 0.2) is 12.2 Å². The minimum atomic E-state index is 0.447. The second-order valence-electron chi connectivity index (χ2n) is 3.35. The molecule has 2 nitrogen and oxygen atoms in total. The minimum Gasteiger partial charge on any atom is -0.378 e. The highest BCUT2D eigenvalue weighted by Crippen LogP contribution is 2.18. The van der Waals surface area contributed by atoms with Crippen LogP contribution in [0.1, 0.15) is 20.3 Å². The first-order valence-electron chi connectivity index (χ1n) is 4.78. The molecular formula is C10H19NO. The van der Waals surface area contributed by atoms with Gasteiger partial charge in [0.05, 0.1) is 6.10 Å². The Labute approximate surface area is 75.0 Å². The topological polar surface area (TPSA) is 21.3 Å². The van der Waals surface area contributed by atoms with Crippen LogP contribution in [0, 0.1) is 5.92 Å². The van der Waals surface area contributed by atoms with E-state index in [9.17, 15) is 0 Å². The Kier molecular flexibility index (Phi) is 4.33. The summed E-state index contributed by atoms with van der Waals surface area (Å²) in [6, 6.07) is 0. The highest BCUT2D eigenvalue weighted by molar-refractivity contribution is 4.81. The molecule has 0 aromatic carbocycles. The molecule has 0 saturated carbocycles. The predicted molar refractivity (Wildman–Crippen MR) is 51.2 cm³/mol. The van der Waals surface area contributed by atoms with Crippen molar-refractivity contribution in [3.8, 4) is 0 Å². The van der Waals surface area contributed by atoms with Crippen LogP contribution in [0.4, 0.5) is 0 Å². The molecule has 0 spiro atoms. The fraction of sp³-hybridized carbons (Fsp3) is 0.800. The van der Waals surface area contributed by atoms with Crippen molar-refractivity contribution in [3.05, 3.63) is 12.2 Å². The van der Waals surface area contributed by atoms with Crippen molar-refractivity contribution in [3.63, 3.8) is 0 Å². The fourth-order valence-electron chi connectivity index (χ4n) is 1.51. The second kappa shape index (κ2) is 5.33. The first-order valence-corrected chi connectivity index (χ1v) is 4.78. The molecule has 12 heavy (non-hydrogen) atoms. The molecule has 2 unspecified atom stereocenters. The Morgan fingerprint density at radius 3 is 3.00 bits per heavy atom. The van der Waals surface area contributed by atoms with Crippen molar-refractivity contribution in [2.75, 3.05) is 19.7 Å². The van der Waals surface area contributed by atoms with Crippen molar-refractivity contribution in [2.45, 2.75) is 26.4 Å². The molecule has 0 aromatic heterocycles. The molecular weight excluding hydrogens is 150 g/mol. The number of nitrogens with one attached hydrogen (secondary N) is 1. The summed E-state index contributed by atoms with van der Waals surface area (Å²) in [4.78, 5) is 0. The fourth-order valence-corrected chi connectivity index (χ4v) is 1.51. The van der Waals surface area contributed by atoms with Crippen LogP contribution >= 0.6 is 0 Å². The van der Waals surface area contributed by atoms with E-state index in [1.807, 2.05) is 6.92 Å². The van der Waals surface area contributed by atoms with Gasteiger partial charge in [0.15, 0.2) is 0 Å². The third-order valence-electron chi connectivity index (χ3n) is 2.44. The quantitative estimate of drug-likeness (QED) is 0.509. The van der Waals surface area contributed by atoms with Crippen molar-refractivity contribution in [2.24, 2.45) is 5.92 Å². The van der Waals surface area contributed by atoms with Gasteiger partial charge in [0, 0.05) is 19.7 Å². The first-order chi connectivity index (χ1) is 5.84. The zero-order chi connectivity index (χ0) is 8.81. The van der Waals surface area contributed by atoms with Crippen LogP contribution in [-0.4, -0.2) is 25.8 Å². The zero-order valence-electron chi connectivity index (χ0n) is 8.05. The second-order valence-corrected chi connectivity index (χ2v) is 3.35. The molecule has 0 amide bonds. The highest BCUT2D eigenvalue weighted by atomic mass is 16.5. The standard InChI is InChI=1S/C10H19NO/c1-3-4-6-11-8-10-5-7-12-9(10)2/h3-4,9-11H,5-8H2,1-2H3/b4-3+. The van der Waals surface area contributed by atoms with Crippen molar-refractivity contribution < 1.29 is 4.74 Å². The summed E-state index contributed by atoms with van der Waals surface area (Å²) in [7, 11) is 0. The lowest BCUT2D eigenvalue weighted by Crippen LogP contribution is -2.26. The van der Waals surface area contributed by atoms with Gasteiger partial charge in [-0.2, -0.15) is 0 Å². The molecule has 1 N–H and O–H groups in total. The lowest BCUT2D eigenvalue weighted by atomic mass is 10.0. The summed E-state index contributed by atoms with van der Waals surface area (Å²) in [5.74, 6) is 0.718. The number of ether oxygens (including phenoxy) is 1. The average Bonchev–Trinajstić information content (AvgIpc) is 2.46. The Bertz CT molecular complexity index is 145. The van der Waals surface area contributed by atoms with Crippen LogP contribution < -0.4 is 5.32 Å². The third-order valence-corrected chi connectivity index (χ3v) is 2.44. The zero-order valence-corrected chi connectivity index (χ0v) is 8.05. The Morgan fingerprint density at radius 1 is 1.58 bits per heavy atom. The van der Waals surface area contributed by atoms with Gasteiger partial charge in [-0.3, -0.25) is 0 Å². The lowest BCUT2D eigenvalue weighted by molar-refractivity contribution is 0.106. The lowest BCUT2D eigenvalue weighted by Gasteiger charge is -2.13. The van der Waals surface area contributed by atoms with Crippen LogP contribution in [0.2, 0.25) is 0 Å². The van der Waals surface area contributed by atoms with E-state index in [0.717, 1.165) is 25.6 Å². The molecule has 1 aliphatic heterocycles. The van der Waals surface area contributed by atoms with E-state index >= 15 is 0 Å². The normalized spacial score (nSPS) is 30.2. The largest absolute Gasteiger partial charge is 0.378 e. The van der Waals surface area contributed by atoms with Gasteiger partial charge in [-0.1, -0.05) is 12.2 Å². The van der Waals surface area contributed by atoms with Crippen LogP contribution in [-0.2, 0) is 4.74 Å². The summed E-state index contributed by atoms with van der Waals surface area (Å²) in [6.07, 6.45) is 5.87. The van der Waals surface area contributed by atoms with E-state index in [1.165, 1.54) is 6.42 Å². The van der Waals surface area contributed by atoms with E-state index in [0.29, 0.717) is 6.10 Å².